The van der Waals surface area contributed by atoms with E-state index in [-0.39, 0.29) is 5.78 Å². The highest BCUT2D eigenvalue weighted by Gasteiger charge is 2.14. The standard InChI is InChI=1S/C18H17N3OS/c1-12-5-2-3-8-15(12)17(22)16-11-20-18(23-16)21-14-7-4-6-13(9-14)10-19/h2-9,11H,10,19H2,1H3,(H,20,21). The van der Waals surface area contributed by atoms with Crippen molar-refractivity contribution in [1.29, 1.82) is 0 Å². The molecule has 23 heavy (non-hydrogen) atoms. The molecule has 0 aliphatic rings. The van der Waals surface area contributed by atoms with E-state index in [2.05, 4.69) is 10.3 Å². The van der Waals surface area contributed by atoms with E-state index in [1.165, 1.54) is 11.3 Å². The second-order valence-corrected chi connectivity index (χ2v) is 6.23. The summed E-state index contributed by atoms with van der Waals surface area (Å²) in [7, 11) is 0. The van der Waals surface area contributed by atoms with Crippen LogP contribution in [0, 0.1) is 6.92 Å². The Hall–Kier alpha value is -2.50. The maximum absolute atomic E-state index is 12.6. The van der Waals surface area contributed by atoms with Crippen LogP contribution >= 0.6 is 11.3 Å². The van der Waals surface area contributed by atoms with Crippen molar-refractivity contribution in [3.05, 3.63) is 76.3 Å². The number of thiazole rings is 1. The molecule has 0 fully saturated rings. The maximum Gasteiger partial charge on any atom is 0.204 e. The van der Waals surface area contributed by atoms with Crippen molar-refractivity contribution in [2.45, 2.75) is 13.5 Å². The molecule has 3 N–H and O–H groups in total. The minimum atomic E-state index is 0.00404. The summed E-state index contributed by atoms with van der Waals surface area (Å²) in [5, 5.41) is 3.91. The molecule has 0 aliphatic carbocycles. The lowest BCUT2D eigenvalue weighted by atomic mass is 10.0. The highest BCUT2D eigenvalue weighted by atomic mass is 32.1. The van der Waals surface area contributed by atoms with E-state index in [1.54, 1.807) is 6.20 Å². The van der Waals surface area contributed by atoms with Crippen LogP contribution in [0.1, 0.15) is 26.4 Å². The van der Waals surface area contributed by atoms with Gasteiger partial charge in [-0.25, -0.2) is 4.98 Å². The largest absolute Gasteiger partial charge is 0.332 e. The number of ketones is 1. The van der Waals surface area contributed by atoms with E-state index < -0.39 is 0 Å². The van der Waals surface area contributed by atoms with Crippen molar-refractivity contribution >= 4 is 27.9 Å². The van der Waals surface area contributed by atoms with Crippen LogP contribution in [0.3, 0.4) is 0 Å². The minimum absolute atomic E-state index is 0.00404. The highest BCUT2D eigenvalue weighted by molar-refractivity contribution is 7.17. The molecule has 0 spiro atoms. The molecule has 116 valence electrons. The summed E-state index contributed by atoms with van der Waals surface area (Å²) in [6.07, 6.45) is 1.62. The summed E-state index contributed by atoms with van der Waals surface area (Å²) in [6.45, 7) is 2.43. The van der Waals surface area contributed by atoms with Gasteiger partial charge in [0.15, 0.2) is 5.13 Å². The molecular weight excluding hydrogens is 306 g/mol. The zero-order valence-corrected chi connectivity index (χ0v) is 13.6. The number of aromatic nitrogens is 1. The van der Waals surface area contributed by atoms with Gasteiger partial charge in [0.2, 0.25) is 5.78 Å². The van der Waals surface area contributed by atoms with Crippen LogP contribution in [0.25, 0.3) is 0 Å². The molecule has 0 saturated carbocycles. The second kappa shape index (κ2) is 6.73. The number of nitrogens with two attached hydrogens (primary N) is 1. The summed E-state index contributed by atoms with van der Waals surface area (Å²) in [5.74, 6) is 0.00404. The Balaban J connectivity index is 1.80. The number of nitrogens with zero attached hydrogens (tertiary/aromatic N) is 1. The van der Waals surface area contributed by atoms with Gasteiger partial charge in [-0.3, -0.25) is 4.79 Å². The van der Waals surface area contributed by atoms with Gasteiger partial charge in [0.05, 0.1) is 11.1 Å². The molecule has 1 aromatic heterocycles. The van der Waals surface area contributed by atoms with Gasteiger partial charge < -0.3 is 11.1 Å². The van der Waals surface area contributed by atoms with Crippen LogP contribution in [0.5, 0.6) is 0 Å². The minimum Gasteiger partial charge on any atom is -0.332 e. The number of rotatable bonds is 5. The summed E-state index contributed by atoms with van der Waals surface area (Å²) >= 11 is 1.35. The topological polar surface area (TPSA) is 68.0 Å². The van der Waals surface area contributed by atoms with Gasteiger partial charge in [0.1, 0.15) is 0 Å². The zero-order valence-electron chi connectivity index (χ0n) is 12.7. The Morgan fingerprint density at radius 1 is 1.22 bits per heavy atom. The van der Waals surface area contributed by atoms with Gasteiger partial charge in [-0.15, -0.1) is 0 Å². The molecule has 0 atom stereocenters. The van der Waals surface area contributed by atoms with Crippen molar-refractivity contribution in [2.75, 3.05) is 5.32 Å². The summed E-state index contributed by atoms with van der Waals surface area (Å²) in [6, 6.07) is 15.4. The number of carbonyl (C=O) groups is 1. The number of hydrogen-bond acceptors (Lipinski definition) is 5. The van der Waals surface area contributed by atoms with Crippen LogP contribution in [-0.2, 0) is 6.54 Å². The number of nitrogens with one attached hydrogen (secondary N) is 1. The Kier molecular flexibility index (Phi) is 4.50. The van der Waals surface area contributed by atoms with Crippen LogP contribution in [0.15, 0.2) is 54.7 Å². The predicted octanol–water partition coefficient (Wildman–Crippen LogP) is 3.88. The quantitative estimate of drug-likeness (QED) is 0.699. The van der Waals surface area contributed by atoms with Crippen LogP contribution in [0.2, 0.25) is 0 Å². The summed E-state index contributed by atoms with van der Waals surface area (Å²) in [5.41, 5.74) is 9.29. The smallest absolute Gasteiger partial charge is 0.204 e. The molecule has 0 unspecified atom stereocenters. The third-order valence-electron chi connectivity index (χ3n) is 3.53. The molecule has 2 aromatic carbocycles. The fraction of sp³-hybridized carbons (Fsp3) is 0.111. The molecule has 0 amide bonds. The van der Waals surface area contributed by atoms with Gasteiger partial charge in [-0.2, -0.15) is 0 Å². The normalized spacial score (nSPS) is 10.5. The van der Waals surface area contributed by atoms with E-state index >= 15 is 0 Å². The third kappa shape index (κ3) is 3.47. The first-order valence-corrected chi connectivity index (χ1v) is 8.11. The molecule has 4 nitrogen and oxygen atoms in total. The van der Waals surface area contributed by atoms with Crippen molar-refractivity contribution in [2.24, 2.45) is 5.73 Å². The average Bonchev–Trinajstić information content (AvgIpc) is 3.03. The van der Waals surface area contributed by atoms with E-state index in [0.717, 1.165) is 16.8 Å². The molecular formula is C18H17N3OS. The Bertz CT molecular complexity index is 842. The monoisotopic (exact) mass is 323 g/mol. The Morgan fingerprint density at radius 3 is 2.83 bits per heavy atom. The maximum atomic E-state index is 12.6. The first-order chi connectivity index (χ1) is 11.2. The van der Waals surface area contributed by atoms with Gasteiger partial charge in [0.25, 0.3) is 0 Å². The van der Waals surface area contributed by atoms with Crippen molar-refractivity contribution in [3.63, 3.8) is 0 Å². The second-order valence-electron chi connectivity index (χ2n) is 5.20. The molecule has 3 aromatic rings. The van der Waals surface area contributed by atoms with E-state index in [9.17, 15) is 4.79 Å². The molecule has 0 radical (unpaired) electrons. The predicted molar refractivity (Wildman–Crippen MR) is 94.3 cm³/mol. The first-order valence-electron chi connectivity index (χ1n) is 7.29. The number of aryl methyl sites for hydroxylation is 1. The zero-order chi connectivity index (χ0) is 16.2. The van der Waals surface area contributed by atoms with Crippen LogP contribution in [0.4, 0.5) is 10.8 Å². The van der Waals surface area contributed by atoms with Crippen molar-refractivity contribution in [1.82, 2.24) is 4.98 Å². The van der Waals surface area contributed by atoms with E-state index in [4.69, 9.17) is 5.73 Å². The lowest BCUT2D eigenvalue weighted by Crippen LogP contribution is -2.00. The lowest BCUT2D eigenvalue weighted by molar-refractivity contribution is 0.104. The van der Waals surface area contributed by atoms with E-state index in [0.29, 0.717) is 22.1 Å². The van der Waals surface area contributed by atoms with Gasteiger partial charge in [0, 0.05) is 17.8 Å². The van der Waals surface area contributed by atoms with Crippen LogP contribution in [-0.4, -0.2) is 10.8 Å². The van der Waals surface area contributed by atoms with Gasteiger partial charge in [-0.1, -0.05) is 47.7 Å². The van der Waals surface area contributed by atoms with Gasteiger partial charge >= 0.3 is 0 Å². The van der Waals surface area contributed by atoms with Crippen molar-refractivity contribution in [3.8, 4) is 0 Å². The van der Waals surface area contributed by atoms with Crippen molar-refractivity contribution < 1.29 is 4.79 Å². The van der Waals surface area contributed by atoms with E-state index in [1.807, 2.05) is 55.5 Å². The number of benzene rings is 2. The molecule has 1 heterocycles. The molecule has 0 saturated heterocycles. The van der Waals surface area contributed by atoms with Crippen LogP contribution < -0.4 is 11.1 Å². The SMILES string of the molecule is Cc1ccccc1C(=O)c1cnc(Nc2cccc(CN)c2)s1. The first kappa shape index (κ1) is 15.4. The molecule has 0 bridgehead atoms. The van der Waals surface area contributed by atoms with Gasteiger partial charge in [-0.05, 0) is 30.2 Å². The summed E-state index contributed by atoms with van der Waals surface area (Å²) in [4.78, 5) is 17.5. The molecule has 5 heteroatoms. The Morgan fingerprint density at radius 2 is 2.04 bits per heavy atom. The average molecular weight is 323 g/mol. The fourth-order valence-corrected chi connectivity index (χ4v) is 3.09. The fourth-order valence-electron chi connectivity index (χ4n) is 2.30. The molecule has 3 rings (SSSR count). The molecule has 0 aliphatic heterocycles. The number of carbonyl (C=O) groups excluding carboxylic acids is 1. The third-order valence-corrected chi connectivity index (χ3v) is 4.44. The number of anilines is 2. The Labute approximate surface area is 139 Å². The summed E-state index contributed by atoms with van der Waals surface area (Å²) < 4.78 is 0. The number of hydrogen-bond donors (Lipinski definition) is 2. The lowest BCUT2D eigenvalue weighted by Gasteiger charge is -2.04. The highest BCUT2D eigenvalue weighted by Crippen LogP contribution is 2.25.